The van der Waals surface area contributed by atoms with Gasteiger partial charge in [-0.15, -0.1) is 0 Å². The van der Waals surface area contributed by atoms with E-state index < -0.39 is 11.3 Å². The average molecular weight is 356 g/mol. The largest absolute Gasteiger partial charge is 0.489 e. The highest BCUT2D eigenvalue weighted by Gasteiger charge is 2.59. The molecule has 4 nitrogen and oxygen atoms in total. The minimum Gasteiger partial charge on any atom is -0.489 e. The third kappa shape index (κ3) is 3.10. The molecule has 2 aliphatic carbocycles. The van der Waals surface area contributed by atoms with E-state index in [1.807, 2.05) is 32.1 Å². The molecule has 0 amide bonds. The Morgan fingerprint density at radius 3 is 2.81 bits per heavy atom. The van der Waals surface area contributed by atoms with Crippen molar-refractivity contribution < 1.29 is 19.1 Å². The summed E-state index contributed by atoms with van der Waals surface area (Å²) in [5.74, 6) is -0.119. The van der Waals surface area contributed by atoms with Crippen LogP contribution in [0.3, 0.4) is 0 Å². The third-order valence-electron chi connectivity index (χ3n) is 6.13. The molecule has 3 aliphatic rings. The lowest BCUT2D eigenvalue weighted by Crippen LogP contribution is -2.42. The molecular weight excluding hydrogens is 328 g/mol. The van der Waals surface area contributed by atoms with Crippen molar-refractivity contribution in [1.29, 1.82) is 0 Å². The summed E-state index contributed by atoms with van der Waals surface area (Å²) in [7, 11) is 0. The van der Waals surface area contributed by atoms with Gasteiger partial charge in [0.15, 0.2) is 5.78 Å². The van der Waals surface area contributed by atoms with Crippen LogP contribution in [0.2, 0.25) is 0 Å². The fourth-order valence-electron chi connectivity index (χ4n) is 4.68. The maximum Gasteiger partial charge on any atom is 0.169 e. The summed E-state index contributed by atoms with van der Waals surface area (Å²) in [4.78, 5) is 38.6. The zero-order valence-electron chi connectivity index (χ0n) is 16.0. The van der Waals surface area contributed by atoms with Gasteiger partial charge in [-0.3, -0.25) is 14.4 Å². The van der Waals surface area contributed by atoms with Crippen molar-refractivity contribution >= 4 is 17.3 Å². The highest BCUT2D eigenvalue weighted by molar-refractivity contribution is 6.12. The molecule has 0 spiro atoms. The lowest BCUT2D eigenvalue weighted by Gasteiger charge is -2.39. The van der Waals surface area contributed by atoms with Crippen LogP contribution >= 0.6 is 0 Å². The zero-order valence-corrected chi connectivity index (χ0v) is 16.0. The van der Waals surface area contributed by atoms with Crippen LogP contribution in [0.1, 0.15) is 59.3 Å². The molecule has 0 aromatic carbocycles. The Bertz CT molecular complexity index is 724. The summed E-state index contributed by atoms with van der Waals surface area (Å²) in [6, 6.07) is 0. The lowest BCUT2D eigenvalue weighted by molar-refractivity contribution is -0.132. The van der Waals surface area contributed by atoms with Crippen LogP contribution in [0.5, 0.6) is 0 Å². The number of hydrogen-bond donors (Lipinski definition) is 0. The van der Waals surface area contributed by atoms with Crippen molar-refractivity contribution in [3.05, 3.63) is 35.1 Å². The Kier molecular flexibility index (Phi) is 5.31. The van der Waals surface area contributed by atoms with Gasteiger partial charge >= 0.3 is 0 Å². The summed E-state index contributed by atoms with van der Waals surface area (Å²) in [6.07, 6.45) is 9.76. The SMILES string of the molecule is C/C=C/C1=CC2=C(CO1)C(=O)[C@]1(C)CC(=O)[C@H](C(=O)CCCCC)[C@H]1C2. The van der Waals surface area contributed by atoms with Gasteiger partial charge in [-0.1, -0.05) is 32.8 Å². The Morgan fingerprint density at radius 2 is 2.12 bits per heavy atom. The Labute approximate surface area is 155 Å². The standard InChI is InChI=1S/C22H28O4/c1-4-6-7-9-18(23)20-17-11-14-10-15(8-5-2)26-13-16(14)21(25)22(17,3)12-19(20)24/h5,8,10,17,20H,4,6-7,9,11-13H2,1-3H3/b8-5+/t17-,20+,22-/m1/s1. The average Bonchev–Trinajstić information content (AvgIpc) is 2.86. The summed E-state index contributed by atoms with van der Waals surface area (Å²) >= 11 is 0. The van der Waals surface area contributed by atoms with E-state index in [1.165, 1.54) is 0 Å². The molecule has 1 fully saturated rings. The zero-order chi connectivity index (χ0) is 18.9. The van der Waals surface area contributed by atoms with E-state index in [-0.39, 0.29) is 36.3 Å². The molecule has 4 heteroatoms. The minimum absolute atomic E-state index is 0.00302. The van der Waals surface area contributed by atoms with E-state index in [9.17, 15) is 14.4 Å². The van der Waals surface area contributed by atoms with E-state index in [2.05, 4.69) is 6.92 Å². The predicted molar refractivity (Wildman–Crippen MR) is 99.4 cm³/mol. The van der Waals surface area contributed by atoms with Crippen molar-refractivity contribution in [2.45, 2.75) is 59.3 Å². The molecule has 1 aliphatic heterocycles. The van der Waals surface area contributed by atoms with Crippen LogP contribution in [0.25, 0.3) is 0 Å². The van der Waals surface area contributed by atoms with Crippen LogP contribution in [0.15, 0.2) is 35.1 Å². The predicted octanol–water partition coefficient (Wildman–Crippen LogP) is 4.11. The molecular formula is C22H28O4. The smallest absolute Gasteiger partial charge is 0.169 e. The van der Waals surface area contributed by atoms with Gasteiger partial charge in [-0.2, -0.15) is 0 Å². The number of carbonyl (C=O) groups is 3. The van der Waals surface area contributed by atoms with Gasteiger partial charge in [0.1, 0.15) is 23.9 Å². The number of hydrogen-bond acceptors (Lipinski definition) is 4. The number of rotatable bonds is 6. The number of ether oxygens (including phenoxy) is 1. The van der Waals surface area contributed by atoms with Gasteiger partial charge in [0.2, 0.25) is 0 Å². The highest BCUT2D eigenvalue weighted by Crippen LogP contribution is 2.54. The van der Waals surface area contributed by atoms with Crippen molar-refractivity contribution in [2.75, 3.05) is 6.61 Å². The molecule has 0 saturated heterocycles. The summed E-state index contributed by atoms with van der Waals surface area (Å²) in [6.45, 7) is 6.13. The molecule has 0 bridgehead atoms. The van der Waals surface area contributed by atoms with E-state index >= 15 is 0 Å². The fraction of sp³-hybridized carbons (Fsp3) is 0.591. The number of fused-ring (bicyclic) bond motifs is 1. The fourth-order valence-corrected chi connectivity index (χ4v) is 4.68. The van der Waals surface area contributed by atoms with Gasteiger partial charge in [-0.05, 0) is 43.4 Å². The van der Waals surface area contributed by atoms with Gasteiger partial charge < -0.3 is 4.74 Å². The van der Waals surface area contributed by atoms with Gasteiger partial charge in [0.25, 0.3) is 0 Å². The quantitative estimate of drug-likeness (QED) is 0.531. The maximum absolute atomic E-state index is 13.2. The second-order valence-electron chi connectivity index (χ2n) is 7.94. The van der Waals surface area contributed by atoms with Crippen LogP contribution in [-0.2, 0) is 19.1 Å². The number of allylic oxidation sites excluding steroid dienone is 4. The van der Waals surface area contributed by atoms with E-state index in [0.29, 0.717) is 18.4 Å². The molecule has 0 N–H and O–H groups in total. The molecule has 0 unspecified atom stereocenters. The van der Waals surface area contributed by atoms with Gasteiger partial charge in [-0.25, -0.2) is 0 Å². The van der Waals surface area contributed by atoms with Gasteiger partial charge in [0, 0.05) is 23.8 Å². The van der Waals surface area contributed by atoms with Crippen LogP contribution in [0.4, 0.5) is 0 Å². The number of ketones is 3. The molecule has 3 atom stereocenters. The van der Waals surface area contributed by atoms with Crippen LogP contribution in [-0.4, -0.2) is 24.0 Å². The maximum atomic E-state index is 13.2. The second kappa shape index (κ2) is 7.34. The summed E-state index contributed by atoms with van der Waals surface area (Å²) in [5.41, 5.74) is 0.873. The molecule has 140 valence electrons. The first-order chi connectivity index (χ1) is 12.4. The summed E-state index contributed by atoms with van der Waals surface area (Å²) in [5, 5.41) is 0. The molecule has 0 aromatic heterocycles. The molecule has 26 heavy (non-hydrogen) atoms. The molecule has 1 saturated carbocycles. The third-order valence-corrected chi connectivity index (χ3v) is 6.13. The molecule has 0 radical (unpaired) electrons. The highest BCUT2D eigenvalue weighted by atomic mass is 16.5. The van der Waals surface area contributed by atoms with Gasteiger partial charge in [0.05, 0.1) is 5.92 Å². The first-order valence-electron chi connectivity index (χ1n) is 9.71. The molecule has 0 aromatic rings. The molecule has 1 heterocycles. The normalized spacial score (nSPS) is 31.0. The first kappa shape index (κ1) is 18.8. The summed E-state index contributed by atoms with van der Waals surface area (Å²) < 4.78 is 5.66. The van der Waals surface area contributed by atoms with Crippen molar-refractivity contribution in [2.24, 2.45) is 17.3 Å². The Balaban J connectivity index is 1.89. The Morgan fingerprint density at radius 1 is 1.35 bits per heavy atom. The Hall–Kier alpha value is -1.97. The minimum atomic E-state index is -0.754. The number of Topliss-reactive ketones (excluding diaryl/α,β-unsaturated/α-hetero) is 3. The van der Waals surface area contributed by atoms with E-state index in [1.54, 1.807) is 0 Å². The second-order valence-corrected chi connectivity index (χ2v) is 7.94. The van der Waals surface area contributed by atoms with Crippen molar-refractivity contribution in [1.82, 2.24) is 0 Å². The van der Waals surface area contributed by atoms with Crippen LogP contribution in [0, 0.1) is 17.3 Å². The first-order valence-corrected chi connectivity index (χ1v) is 9.71. The van der Waals surface area contributed by atoms with E-state index in [4.69, 9.17) is 4.74 Å². The van der Waals surface area contributed by atoms with Crippen LogP contribution < -0.4 is 0 Å². The molecule has 3 rings (SSSR count). The van der Waals surface area contributed by atoms with Crippen molar-refractivity contribution in [3.8, 4) is 0 Å². The van der Waals surface area contributed by atoms with Crippen molar-refractivity contribution in [3.63, 3.8) is 0 Å². The lowest BCUT2D eigenvalue weighted by atomic mass is 9.63. The topological polar surface area (TPSA) is 60.4 Å². The number of carbonyl (C=O) groups excluding carboxylic acids is 3. The van der Waals surface area contributed by atoms with E-state index in [0.717, 1.165) is 30.6 Å². The number of unbranched alkanes of at least 4 members (excludes halogenated alkanes) is 2. The monoisotopic (exact) mass is 356 g/mol.